The summed E-state index contributed by atoms with van der Waals surface area (Å²) in [5, 5.41) is 0. The molecule has 0 aromatic carbocycles. The van der Waals surface area contributed by atoms with E-state index in [9.17, 15) is 0 Å². The Bertz CT molecular complexity index is 184. The van der Waals surface area contributed by atoms with Crippen molar-refractivity contribution < 1.29 is 0 Å². The van der Waals surface area contributed by atoms with Gasteiger partial charge in [-0.25, -0.2) is 0 Å². The smallest absolute Gasteiger partial charge is 0.00698 e. The molecule has 0 amide bonds. The van der Waals surface area contributed by atoms with Gasteiger partial charge in [-0.2, -0.15) is 0 Å². The lowest BCUT2D eigenvalue weighted by Gasteiger charge is -2.32. The minimum Gasteiger partial charge on any atom is -0.327 e. The molecule has 0 heterocycles. The first-order valence-electron chi connectivity index (χ1n) is 7.17. The van der Waals surface area contributed by atoms with E-state index < -0.39 is 0 Å². The monoisotopic (exact) mass is 225 g/mol. The molecule has 2 unspecified atom stereocenters. The zero-order chi connectivity index (χ0) is 12.2. The van der Waals surface area contributed by atoms with Crippen molar-refractivity contribution in [2.75, 3.05) is 0 Å². The second kappa shape index (κ2) is 6.05. The molecule has 0 saturated heterocycles. The topological polar surface area (TPSA) is 26.0 Å². The van der Waals surface area contributed by atoms with Gasteiger partial charge in [-0.05, 0) is 36.5 Å². The van der Waals surface area contributed by atoms with Gasteiger partial charge in [0.1, 0.15) is 0 Å². The highest BCUT2D eigenvalue weighted by atomic mass is 14.7. The van der Waals surface area contributed by atoms with Crippen molar-refractivity contribution in [3.05, 3.63) is 0 Å². The van der Waals surface area contributed by atoms with E-state index in [4.69, 9.17) is 5.73 Å². The molecular formula is C15H31N. The number of hydrogen-bond acceptors (Lipinski definition) is 1. The van der Waals surface area contributed by atoms with E-state index in [0.717, 1.165) is 11.8 Å². The number of rotatable bonds is 3. The molecule has 0 aromatic rings. The Morgan fingerprint density at radius 1 is 1.06 bits per heavy atom. The molecule has 2 atom stereocenters. The summed E-state index contributed by atoms with van der Waals surface area (Å²) in [7, 11) is 0. The van der Waals surface area contributed by atoms with E-state index in [1.807, 2.05) is 0 Å². The van der Waals surface area contributed by atoms with Crippen molar-refractivity contribution in [2.45, 2.75) is 78.7 Å². The summed E-state index contributed by atoms with van der Waals surface area (Å²) in [6.07, 6.45) is 9.62. The fourth-order valence-electron chi connectivity index (χ4n) is 2.69. The van der Waals surface area contributed by atoms with Gasteiger partial charge in [-0.3, -0.25) is 0 Å². The first kappa shape index (κ1) is 14.0. The maximum atomic E-state index is 6.42. The molecule has 0 radical (unpaired) electrons. The summed E-state index contributed by atoms with van der Waals surface area (Å²) >= 11 is 0. The molecule has 2 N–H and O–H groups in total. The summed E-state index contributed by atoms with van der Waals surface area (Å²) in [5.41, 5.74) is 6.82. The molecule has 0 aromatic heterocycles. The minimum absolute atomic E-state index is 0.405. The molecule has 16 heavy (non-hydrogen) atoms. The number of nitrogens with two attached hydrogens (primary N) is 1. The Hall–Kier alpha value is -0.0400. The van der Waals surface area contributed by atoms with Crippen LogP contribution in [-0.2, 0) is 0 Å². The molecule has 1 rings (SSSR count). The van der Waals surface area contributed by atoms with Crippen LogP contribution in [0.4, 0.5) is 0 Å². The molecule has 96 valence electrons. The lowest BCUT2D eigenvalue weighted by atomic mass is 9.76. The molecule has 1 heteroatoms. The summed E-state index contributed by atoms with van der Waals surface area (Å²) in [4.78, 5) is 0. The van der Waals surface area contributed by atoms with Crippen molar-refractivity contribution >= 4 is 0 Å². The van der Waals surface area contributed by atoms with Gasteiger partial charge >= 0.3 is 0 Å². The third kappa shape index (κ3) is 4.45. The Morgan fingerprint density at radius 2 is 1.56 bits per heavy atom. The van der Waals surface area contributed by atoms with E-state index in [-0.39, 0.29) is 0 Å². The van der Waals surface area contributed by atoms with Crippen LogP contribution in [0.25, 0.3) is 0 Å². The molecule has 1 aliphatic rings. The molecule has 0 bridgehead atoms. The molecule has 0 aliphatic heterocycles. The summed E-state index contributed by atoms with van der Waals surface area (Å²) in [5.74, 6) is 1.53. The van der Waals surface area contributed by atoms with E-state index in [2.05, 4.69) is 27.7 Å². The van der Waals surface area contributed by atoms with Crippen LogP contribution in [0.5, 0.6) is 0 Å². The largest absolute Gasteiger partial charge is 0.327 e. The van der Waals surface area contributed by atoms with Crippen LogP contribution in [0.3, 0.4) is 0 Å². The highest BCUT2D eigenvalue weighted by Gasteiger charge is 2.26. The van der Waals surface area contributed by atoms with E-state index in [0.29, 0.717) is 11.5 Å². The van der Waals surface area contributed by atoms with Gasteiger partial charge in [0.05, 0.1) is 0 Å². The Morgan fingerprint density at radius 3 is 2.00 bits per heavy atom. The number of hydrogen-bond donors (Lipinski definition) is 1. The molecule has 1 aliphatic carbocycles. The Balaban J connectivity index is 2.41. The second-order valence-corrected chi connectivity index (χ2v) is 6.92. The van der Waals surface area contributed by atoms with Crippen molar-refractivity contribution in [3.8, 4) is 0 Å². The maximum absolute atomic E-state index is 6.42. The third-order valence-electron chi connectivity index (χ3n) is 4.61. The fourth-order valence-corrected chi connectivity index (χ4v) is 2.69. The van der Waals surface area contributed by atoms with Gasteiger partial charge in [-0.15, -0.1) is 0 Å². The average Bonchev–Trinajstić information content (AvgIpc) is 2.43. The second-order valence-electron chi connectivity index (χ2n) is 6.92. The molecular weight excluding hydrogens is 194 g/mol. The van der Waals surface area contributed by atoms with Gasteiger partial charge in [0.2, 0.25) is 0 Å². The van der Waals surface area contributed by atoms with Crippen molar-refractivity contribution in [1.29, 1.82) is 0 Å². The van der Waals surface area contributed by atoms with Crippen molar-refractivity contribution in [2.24, 2.45) is 23.0 Å². The molecule has 1 saturated carbocycles. The highest BCUT2D eigenvalue weighted by molar-refractivity contribution is 4.80. The van der Waals surface area contributed by atoms with Crippen LogP contribution in [0, 0.1) is 17.3 Å². The van der Waals surface area contributed by atoms with Gasteiger partial charge in [0.25, 0.3) is 0 Å². The van der Waals surface area contributed by atoms with Crippen LogP contribution >= 0.6 is 0 Å². The van der Waals surface area contributed by atoms with E-state index >= 15 is 0 Å². The maximum Gasteiger partial charge on any atom is 0.00698 e. The summed E-state index contributed by atoms with van der Waals surface area (Å²) in [6, 6.07) is 0.437. The van der Waals surface area contributed by atoms with Crippen molar-refractivity contribution in [1.82, 2.24) is 0 Å². The lowest BCUT2D eigenvalue weighted by Crippen LogP contribution is -2.34. The predicted molar refractivity (Wildman–Crippen MR) is 72.4 cm³/mol. The predicted octanol–water partition coefficient (Wildman–Crippen LogP) is 4.36. The van der Waals surface area contributed by atoms with Crippen LogP contribution in [-0.4, -0.2) is 6.04 Å². The zero-order valence-electron chi connectivity index (χ0n) is 11.8. The summed E-state index contributed by atoms with van der Waals surface area (Å²) in [6.45, 7) is 9.35. The standard InChI is InChI=1S/C15H31N/c1-12(15(2,3)4)11-14(16)13-9-7-5-6-8-10-13/h12-14H,5-11,16H2,1-4H3. The zero-order valence-corrected chi connectivity index (χ0v) is 11.8. The van der Waals surface area contributed by atoms with Gasteiger partial charge < -0.3 is 5.73 Å². The third-order valence-corrected chi connectivity index (χ3v) is 4.61. The van der Waals surface area contributed by atoms with Gasteiger partial charge in [0.15, 0.2) is 0 Å². The first-order chi connectivity index (χ1) is 7.41. The lowest BCUT2D eigenvalue weighted by molar-refractivity contribution is 0.208. The van der Waals surface area contributed by atoms with Gasteiger partial charge in [0, 0.05) is 6.04 Å². The summed E-state index contributed by atoms with van der Waals surface area (Å²) < 4.78 is 0. The average molecular weight is 225 g/mol. The Labute approximate surface area is 102 Å². The van der Waals surface area contributed by atoms with E-state index in [1.165, 1.54) is 44.9 Å². The van der Waals surface area contributed by atoms with Crippen LogP contribution in [0.15, 0.2) is 0 Å². The molecule has 1 nitrogen and oxygen atoms in total. The van der Waals surface area contributed by atoms with Crippen LogP contribution < -0.4 is 5.73 Å². The van der Waals surface area contributed by atoms with E-state index in [1.54, 1.807) is 0 Å². The Kier molecular flexibility index (Phi) is 5.30. The first-order valence-corrected chi connectivity index (χ1v) is 7.17. The molecule has 0 spiro atoms. The normalized spacial score (nSPS) is 23.8. The highest BCUT2D eigenvalue weighted by Crippen LogP contribution is 2.33. The molecule has 1 fully saturated rings. The van der Waals surface area contributed by atoms with Gasteiger partial charge in [-0.1, -0.05) is 53.4 Å². The van der Waals surface area contributed by atoms with Crippen LogP contribution in [0.2, 0.25) is 0 Å². The van der Waals surface area contributed by atoms with Crippen molar-refractivity contribution in [3.63, 3.8) is 0 Å². The fraction of sp³-hybridized carbons (Fsp3) is 1.00. The minimum atomic E-state index is 0.405. The SMILES string of the molecule is CC(CC(N)C1CCCCCC1)C(C)(C)C. The quantitative estimate of drug-likeness (QED) is 0.710. The van der Waals surface area contributed by atoms with Crippen LogP contribution in [0.1, 0.15) is 72.6 Å².